The van der Waals surface area contributed by atoms with Crippen LogP contribution < -0.4 is 0 Å². The zero-order valence-electron chi connectivity index (χ0n) is 10.4. The Kier molecular flexibility index (Phi) is 3.28. The van der Waals surface area contributed by atoms with Crippen LogP contribution in [0.25, 0.3) is 10.9 Å². The van der Waals surface area contributed by atoms with Crippen LogP contribution in [-0.2, 0) is 9.47 Å². The quantitative estimate of drug-likeness (QED) is 0.797. The molecule has 100 valence electrons. The van der Waals surface area contributed by atoms with Gasteiger partial charge in [-0.25, -0.2) is 4.79 Å². The predicted molar refractivity (Wildman–Crippen MR) is 73.2 cm³/mol. The lowest BCUT2D eigenvalue weighted by atomic mass is 10.2. The van der Waals surface area contributed by atoms with Gasteiger partial charge in [-0.05, 0) is 24.6 Å². The molecule has 0 spiro atoms. The summed E-state index contributed by atoms with van der Waals surface area (Å²) in [4.78, 5) is 11.8. The molecule has 0 N–H and O–H groups in total. The number of aromatic nitrogens is 2. The Hall–Kier alpha value is -1.40. The molecule has 1 aromatic carbocycles. The number of fused-ring (bicyclic) bond motifs is 1. The van der Waals surface area contributed by atoms with Gasteiger partial charge in [-0.3, -0.25) is 4.68 Å². The van der Waals surface area contributed by atoms with Crippen molar-refractivity contribution in [2.75, 3.05) is 20.3 Å². The van der Waals surface area contributed by atoms with Gasteiger partial charge in [-0.1, -0.05) is 15.9 Å². The molecule has 2 heterocycles. The van der Waals surface area contributed by atoms with Gasteiger partial charge < -0.3 is 9.47 Å². The number of benzene rings is 1. The van der Waals surface area contributed by atoms with Crippen LogP contribution in [0.2, 0.25) is 0 Å². The topological polar surface area (TPSA) is 53.3 Å². The number of ether oxygens (including phenoxy) is 2. The number of nitrogens with zero attached hydrogens (tertiary/aromatic N) is 2. The van der Waals surface area contributed by atoms with E-state index in [-0.39, 0.29) is 6.04 Å². The summed E-state index contributed by atoms with van der Waals surface area (Å²) in [7, 11) is 1.36. The van der Waals surface area contributed by atoms with Gasteiger partial charge in [0.2, 0.25) is 0 Å². The Bertz CT molecular complexity index is 632. The molecular formula is C13H13BrN2O3. The van der Waals surface area contributed by atoms with Gasteiger partial charge in [0.15, 0.2) is 5.69 Å². The number of carbonyl (C=O) groups is 1. The SMILES string of the molecule is COC(=O)c1nn(C2CCOC2)c2ccc(Br)cc12. The summed E-state index contributed by atoms with van der Waals surface area (Å²) in [6, 6.07) is 5.97. The van der Waals surface area contributed by atoms with E-state index < -0.39 is 5.97 Å². The van der Waals surface area contributed by atoms with Crippen molar-refractivity contribution in [1.82, 2.24) is 9.78 Å². The minimum Gasteiger partial charge on any atom is -0.464 e. The maximum absolute atomic E-state index is 11.8. The molecule has 0 radical (unpaired) electrons. The fourth-order valence-corrected chi connectivity index (χ4v) is 2.72. The van der Waals surface area contributed by atoms with Crippen molar-refractivity contribution in [2.24, 2.45) is 0 Å². The summed E-state index contributed by atoms with van der Waals surface area (Å²) >= 11 is 3.42. The molecule has 2 aromatic rings. The lowest BCUT2D eigenvalue weighted by Crippen LogP contribution is -2.11. The van der Waals surface area contributed by atoms with E-state index in [1.807, 2.05) is 22.9 Å². The fourth-order valence-electron chi connectivity index (χ4n) is 2.35. The zero-order valence-corrected chi connectivity index (χ0v) is 12.0. The summed E-state index contributed by atoms with van der Waals surface area (Å²) in [5.41, 5.74) is 1.28. The maximum atomic E-state index is 11.8. The Labute approximate surface area is 118 Å². The van der Waals surface area contributed by atoms with Gasteiger partial charge in [0.05, 0.1) is 25.3 Å². The van der Waals surface area contributed by atoms with Gasteiger partial charge in [0, 0.05) is 16.5 Å². The molecule has 3 rings (SSSR count). The standard InChI is InChI=1S/C13H13BrN2O3/c1-18-13(17)12-10-6-8(14)2-3-11(10)16(15-12)9-4-5-19-7-9/h2-3,6,9H,4-5,7H2,1H3. The first-order valence-electron chi connectivity index (χ1n) is 6.04. The first-order chi connectivity index (χ1) is 9.20. The van der Waals surface area contributed by atoms with Crippen LogP contribution in [0, 0.1) is 0 Å². The third kappa shape index (κ3) is 2.15. The molecule has 1 fully saturated rings. The second kappa shape index (κ2) is 4.94. The highest BCUT2D eigenvalue weighted by Crippen LogP contribution is 2.28. The predicted octanol–water partition coefficient (Wildman–Crippen LogP) is 2.55. The molecule has 6 heteroatoms. The average molecular weight is 325 g/mol. The zero-order chi connectivity index (χ0) is 13.4. The van der Waals surface area contributed by atoms with Crippen LogP contribution >= 0.6 is 15.9 Å². The third-order valence-corrected chi connectivity index (χ3v) is 3.79. The summed E-state index contributed by atoms with van der Waals surface area (Å²) in [6.07, 6.45) is 0.910. The minimum atomic E-state index is -0.416. The highest BCUT2D eigenvalue weighted by Gasteiger charge is 2.24. The molecule has 1 saturated heterocycles. The number of esters is 1. The molecule has 1 atom stereocenters. The van der Waals surface area contributed by atoms with Crippen molar-refractivity contribution < 1.29 is 14.3 Å². The molecule has 0 bridgehead atoms. The van der Waals surface area contributed by atoms with Gasteiger partial charge in [-0.2, -0.15) is 5.10 Å². The Morgan fingerprint density at radius 1 is 1.58 bits per heavy atom. The van der Waals surface area contributed by atoms with E-state index in [1.165, 1.54) is 7.11 Å². The highest BCUT2D eigenvalue weighted by molar-refractivity contribution is 9.10. The van der Waals surface area contributed by atoms with Crippen molar-refractivity contribution >= 4 is 32.8 Å². The molecule has 0 saturated carbocycles. The number of rotatable bonds is 2. The van der Waals surface area contributed by atoms with Crippen molar-refractivity contribution in [3.8, 4) is 0 Å². The van der Waals surface area contributed by atoms with E-state index in [1.54, 1.807) is 0 Å². The maximum Gasteiger partial charge on any atom is 0.359 e. The largest absolute Gasteiger partial charge is 0.464 e. The molecule has 0 amide bonds. The van der Waals surface area contributed by atoms with Crippen molar-refractivity contribution in [3.63, 3.8) is 0 Å². The fraction of sp³-hybridized carbons (Fsp3) is 0.385. The van der Waals surface area contributed by atoms with Crippen LogP contribution in [0.5, 0.6) is 0 Å². The number of hydrogen-bond acceptors (Lipinski definition) is 4. The second-order valence-electron chi connectivity index (χ2n) is 4.46. The van der Waals surface area contributed by atoms with Crippen LogP contribution in [0.15, 0.2) is 22.7 Å². The van der Waals surface area contributed by atoms with Gasteiger partial charge in [0.1, 0.15) is 0 Å². The van der Waals surface area contributed by atoms with Crippen LogP contribution in [0.4, 0.5) is 0 Å². The van der Waals surface area contributed by atoms with Gasteiger partial charge >= 0.3 is 5.97 Å². The lowest BCUT2D eigenvalue weighted by Gasteiger charge is -2.09. The minimum absolute atomic E-state index is 0.182. The highest BCUT2D eigenvalue weighted by atomic mass is 79.9. The molecule has 0 aliphatic carbocycles. The van der Waals surface area contributed by atoms with E-state index in [0.29, 0.717) is 12.3 Å². The van der Waals surface area contributed by atoms with Crippen molar-refractivity contribution in [2.45, 2.75) is 12.5 Å². The number of halogens is 1. The Morgan fingerprint density at radius 2 is 2.42 bits per heavy atom. The smallest absolute Gasteiger partial charge is 0.359 e. The van der Waals surface area contributed by atoms with E-state index in [0.717, 1.165) is 28.4 Å². The van der Waals surface area contributed by atoms with E-state index >= 15 is 0 Å². The Balaban J connectivity index is 2.19. The van der Waals surface area contributed by atoms with Crippen molar-refractivity contribution in [1.29, 1.82) is 0 Å². The first-order valence-corrected chi connectivity index (χ1v) is 6.84. The second-order valence-corrected chi connectivity index (χ2v) is 5.38. The molecule has 1 aliphatic heterocycles. The van der Waals surface area contributed by atoms with Gasteiger partial charge in [0.25, 0.3) is 0 Å². The van der Waals surface area contributed by atoms with Crippen molar-refractivity contribution in [3.05, 3.63) is 28.4 Å². The average Bonchev–Trinajstić information content (AvgIpc) is 3.03. The summed E-state index contributed by atoms with van der Waals surface area (Å²) < 4.78 is 13.0. The molecule has 1 aromatic heterocycles. The number of methoxy groups -OCH3 is 1. The summed E-state index contributed by atoms with van der Waals surface area (Å²) in [5, 5.41) is 5.22. The lowest BCUT2D eigenvalue weighted by molar-refractivity contribution is 0.0594. The van der Waals surface area contributed by atoms with Crippen LogP contribution in [0.1, 0.15) is 23.0 Å². The number of carbonyl (C=O) groups excluding carboxylic acids is 1. The van der Waals surface area contributed by atoms with Gasteiger partial charge in [-0.15, -0.1) is 0 Å². The summed E-state index contributed by atoms with van der Waals surface area (Å²) in [5.74, 6) is -0.416. The van der Waals surface area contributed by atoms with E-state index in [9.17, 15) is 4.79 Å². The molecule has 19 heavy (non-hydrogen) atoms. The Morgan fingerprint density at radius 3 is 3.11 bits per heavy atom. The number of hydrogen-bond donors (Lipinski definition) is 0. The summed E-state index contributed by atoms with van der Waals surface area (Å²) in [6.45, 7) is 1.36. The van der Waals surface area contributed by atoms with Crippen LogP contribution in [0.3, 0.4) is 0 Å². The normalized spacial score (nSPS) is 18.9. The molecule has 1 unspecified atom stereocenters. The first kappa shape index (κ1) is 12.6. The van der Waals surface area contributed by atoms with E-state index in [4.69, 9.17) is 9.47 Å². The monoisotopic (exact) mass is 324 g/mol. The third-order valence-electron chi connectivity index (χ3n) is 3.30. The van der Waals surface area contributed by atoms with E-state index in [2.05, 4.69) is 21.0 Å². The molecule has 1 aliphatic rings. The molecular weight excluding hydrogens is 312 g/mol. The molecule has 5 nitrogen and oxygen atoms in total. The van der Waals surface area contributed by atoms with Crippen LogP contribution in [-0.4, -0.2) is 36.1 Å².